The van der Waals surface area contributed by atoms with Gasteiger partial charge in [-0.05, 0) is 67.8 Å². The molecule has 0 N–H and O–H groups in total. The molecule has 1 aromatic carbocycles. The van der Waals surface area contributed by atoms with Crippen LogP contribution in [-0.2, 0) is 4.74 Å². The maximum atomic E-state index is 6.15. The van der Waals surface area contributed by atoms with Crippen molar-refractivity contribution in [2.45, 2.75) is 19.3 Å². The summed E-state index contributed by atoms with van der Waals surface area (Å²) in [6.45, 7) is 1.68. The van der Waals surface area contributed by atoms with E-state index in [4.69, 9.17) is 40.6 Å². The lowest BCUT2D eigenvalue weighted by Gasteiger charge is -2.26. The molecular formula is C36H35N7O3. The van der Waals surface area contributed by atoms with E-state index in [9.17, 15) is 0 Å². The Bertz CT molecular complexity index is 1710. The highest BCUT2D eigenvalue weighted by Gasteiger charge is 2.18. The lowest BCUT2D eigenvalue weighted by molar-refractivity contribution is 0.162. The van der Waals surface area contributed by atoms with Gasteiger partial charge in [-0.3, -0.25) is 0 Å². The second-order valence-electron chi connectivity index (χ2n) is 10.6. The number of benzene rings is 1. The van der Waals surface area contributed by atoms with Crippen molar-refractivity contribution in [3.05, 3.63) is 97.1 Å². The Kier molecular flexibility index (Phi) is 9.52. The van der Waals surface area contributed by atoms with Crippen LogP contribution in [0.3, 0.4) is 0 Å². The summed E-state index contributed by atoms with van der Waals surface area (Å²) in [7, 11) is 3.88. The van der Waals surface area contributed by atoms with E-state index in [0.717, 1.165) is 42.5 Å². The van der Waals surface area contributed by atoms with Gasteiger partial charge in [0, 0.05) is 45.4 Å². The molecule has 4 aromatic heterocycles. The highest BCUT2D eigenvalue weighted by molar-refractivity contribution is 5.65. The Morgan fingerprint density at radius 1 is 0.609 bits per heavy atom. The summed E-state index contributed by atoms with van der Waals surface area (Å²) in [5.41, 5.74) is 0. The van der Waals surface area contributed by atoms with Crippen molar-refractivity contribution >= 4 is 34.9 Å². The first-order chi connectivity index (χ1) is 22.6. The molecule has 1 aliphatic rings. The fourth-order valence-corrected chi connectivity index (χ4v) is 5.00. The monoisotopic (exact) mass is 613 g/mol. The fraction of sp³-hybridized carbons (Fsp3) is 0.222. The summed E-state index contributed by atoms with van der Waals surface area (Å²) < 4.78 is 17.8. The SMILES string of the molecule is C#CCOCCCCCN1c2cccc(n2)N(C)c2cccc(n2)Oc2cccc(c2)Oc2cccc(n2)N(C)c2cccc1n2. The van der Waals surface area contributed by atoms with Crippen molar-refractivity contribution in [2.75, 3.05) is 48.6 Å². The molecule has 10 nitrogen and oxygen atoms in total. The number of ether oxygens (including phenoxy) is 3. The molecule has 232 valence electrons. The Hall–Kier alpha value is -5.66. The van der Waals surface area contributed by atoms with Crippen LogP contribution < -0.4 is 24.2 Å². The van der Waals surface area contributed by atoms with Gasteiger partial charge in [0.25, 0.3) is 0 Å². The minimum absolute atomic E-state index is 0.334. The summed E-state index contributed by atoms with van der Waals surface area (Å²) >= 11 is 0. The molecular weight excluding hydrogens is 578 g/mol. The molecule has 0 aliphatic carbocycles. The summed E-state index contributed by atoms with van der Waals surface area (Å²) in [5, 5.41) is 0. The van der Waals surface area contributed by atoms with Crippen LogP contribution in [0.15, 0.2) is 97.1 Å². The van der Waals surface area contributed by atoms with Gasteiger partial charge < -0.3 is 28.9 Å². The number of aromatic nitrogens is 4. The number of unbranched alkanes of at least 4 members (excludes halogenated alkanes) is 2. The van der Waals surface area contributed by atoms with Gasteiger partial charge in [-0.15, -0.1) is 6.42 Å². The Balaban J connectivity index is 1.39. The van der Waals surface area contributed by atoms with Gasteiger partial charge >= 0.3 is 0 Å². The number of hydrogen-bond donors (Lipinski definition) is 0. The molecule has 6 rings (SSSR count). The van der Waals surface area contributed by atoms with E-state index in [-0.39, 0.29) is 0 Å². The third kappa shape index (κ3) is 7.34. The molecule has 46 heavy (non-hydrogen) atoms. The molecule has 0 atom stereocenters. The number of anilines is 6. The van der Waals surface area contributed by atoms with Crippen LogP contribution >= 0.6 is 0 Å². The van der Waals surface area contributed by atoms with Gasteiger partial charge in [0.05, 0.1) is 0 Å². The second-order valence-corrected chi connectivity index (χ2v) is 10.6. The van der Waals surface area contributed by atoms with Crippen molar-refractivity contribution in [2.24, 2.45) is 0 Å². The maximum Gasteiger partial charge on any atom is 0.221 e. The highest BCUT2D eigenvalue weighted by Crippen LogP contribution is 2.33. The van der Waals surface area contributed by atoms with Crippen molar-refractivity contribution in [1.29, 1.82) is 0 Å². The second kappa shape index (κ2) is 14.4. The number of rotatable bonds is 7. The van der Waals surface area contributed by atoms with Crippen molar-refractivity contribution in [1.82, 2.24) is 19.9 Å². The van der Waals surface area contributed by atoms with Crippen LogP contribution in [0.1, 0.15) is 19.3 Å². The summed E-state index contributed by atoms with van der Waals surface area (Å²) in [4.78, 5) is 25.7. The average molecular weight is 614 g/mol. The van der Waals surface area contributed by atoms with E-state index in [1.165, 1.54) is 0 Å². The summed E-state index contributed by atoms with van der Waals surface area (Å²) in [5.74, 6) is 8.96. The van der Waals surface area contributed by atoms with Crippen molar-refractivity contribution in [3.8, 4) is 35.6 Å². The Labute approximate surface area is 269 Å². The zero-order valence-electron chi connectivity index (χ0n) is 25.9. The smallest absolute Gasteiger partial charge is 0.221 e. The van der Waals surface area contributed by atoms with E-state index in [1.54, 1.807) is 0 Å². The van der Waals surface area contributed by atoms with Gasteiger partial charge in [-0.2, -0.15) is 9.97 Å². The average Bonchev–Trinajstić information content (AvgIpc) is 3.09. The van der Waals surface area contributed by atoms with Gasteiger partial charge in [0.15, 0.2) is 0 Å². The van der Waals surface area contributed by atoms with E-state index in [1.807, 2.05) is 121 Å². The molecule has 0 amide bonds. The molecule has 5 aromatic rings. The number of pyridine rings is 4. The van der Waals surface area contributed by atoms with Crippen LogP contribution in [-0.4, -0.2) is 53.8 Å². The molecule has 10 bridgehead atoms. The molecule has 10 heteroatoms. The number of nitrogens with zero attached hydrogens (tertiary/aromatic N) is 7. The quantitative estimate of drug-likeness (QED) is 0.135. The lowest BCUT2D eigenvalue weighted by atomic mass is 10.2. The largest absolute Gasteiger partial charge is 0.439 e. The molecule has 0 radical (unpaired) electrons. The summed E-state index contributed by atoms with van der Waals surface area (Å²) in [6.07, 6.45) is 8.10. The Morgan fingerprint density at radius 3 is 1.63 bits per heavy atom. The van der Waals surface area contributed by atoms with Gasteiger partial charge in [0.1, 0.15) is 53.0 Å². The highest BCUT2D eigenvalue weighted by atomic mass is 16.5. The van der Waals surface area contributed by atoms with E-state index >= 15 is 0 Å². The number of hydrogen-bond acceptors (Lipinski definition) is 10. The third-order valence-electron chi connectivity index (χ3n) is 7.39. The van der Waals surface area contributed by atoms with Crippen molar-refractivity contribution in [3.63, 3.8) is 0 Å². The van der Waals surface area contributed by atoms with E-state index in [0.29, 0.717) is 54.7 Å². The first-order valence-corrected chi connectivity index (χ1v) is 15.2. The first-order valence-electron chi connectivity index (χ1n) is 15.2. The zero-order valence-corrected chi connectivity index (χ0v) is 25.9. The third-order valence-corrected chi connectivity index (χ3v) is 7.39. The molecule has 0 saturated heterocycles. The van der Waals surface area contributed by atoms with Gasteiger partial charge in [-0.1, -0.05) is 36.3 Å². The maximum absolute atomic E-state index is 6.15. The molecule has 0 fully saturated rings. The lowest BCUT2D eigenvalue weighted by Crippen LogP contribution is -2.23. The predicted molar refractivity (Wildman–Crippen MR) is 180 cm³/mol. The number of terminal acetylenes is 1. The van der Waals surface area contributed by atoms with Crippen LogP contribution in [0.5, 0.6) is 23.3 Å². The zero-order chi connectivity index (χ0) is 31.7. The molecule has 0 saturated carbocycles. The fourth-order valence-electron chi connectivity index (χ4n) is 5.00. The minimum Gasteiger partial charge on any atom is -0.439 e. The molecule has 0 unspecified atom stereocenters. The molecule has 1 aliphatic heterocycles. The molecule has 0 spiro atoms. The van der Waals surface area contributed by atoms with Crippen LogP contribution in [0.2, 0.25) is 0 Å². The first kappa shape index (κ1) is 30.4. The molecule has 5 heterocycles. The Morgan fingerprint density at radius 2 is 1.09 bits per heavy atom. The van der Waals surface area contributed by atoms with E-state index < -0.39 is 0 Å². The summed E-state index contributed by atoms with van der Waals surface area (Å²) in [6, 6.07) is 30.6. The van der Waals surface area contributed by atoms with Crippen LogP contribution in [0.4, 0.5) is 34.9 Å². The van der Waals surface area contributed by atoms with Crippen LogP contribution in [0.25, 0.3) is 0 Å². The normalized spacial score (nSPS) is 12.5. The van der Waals surface area contributed by atoms with Gasteiger partial charge in [0.2, 0.25) is 11.8 Å². The predicted octanol–water partition coefficient (Wildman–Crippen LogP) is 7.66. The standard InChI is InChI=1S/C36H35N7O3/c1-4-24-44-25-7-5-6-23-43-33-19-9-15-29(37-33)41(2)31-17-11-21-35(39-31)45-27-13-8-14-28(26-27)46-36-22-12-18-32(40-36)42(3)30-16-10-20-34(43)38-30/h1,8-22,26H,5-7,23-25H2,2-3H3. The topological polar surface area (TPSA) is 89.0 Å². The van der Waals surface area contributed by atoms with E-state index in [2.05, 4.69) is 10.8 Å². The number of fused-ring (bicyclic) bond motifs is 10. The van der Waals surface area contributed by atoms with Crippen LogP contribution in [0, 0.1) is 12.3 Å². The minimum atomic E-state index is 0.334. The van der Waals surface area contributed by atoms with Crippen molar-refractivity contribution < 1.29 is 14.2 Å². The van der Waals surface area contributed by atoms with Gasteiger partial charge in [-0.25, -0.2) is 9.97 Å².